The zero-order chi connectivity index (χ0) is 20.3. The highest BCUT2D eigenvalue weighted by Crippen LogP contribution is 2.44. The maximum Gasteiger partial charge on any atom is 0.0721 e. The molecule has 29 heavy (non-hydrogen) atoms. The number of benzene rings is 1. The second-order valence-corrected chi connectivity index (χ2v) is 9.33. The molecule has 0 N–H and O–H groups in total. The van der Waals surface area contributed by atoms with E-state index in [2.05, 4.69) is 49.4 Å². The molecule has 2 aliphatic carbocycles. The first-order valence-corrected chi connectivity index (χ1v) is 12.2. The van der Waals surface area contributed by atoms with Gasteiger partial charge in [-0.1, -0.05) is 61.9 Å². The summed E-state index contributed by atoms with van der Waals surface area (Å²) in [5.74, 6) is 3.64. The summed E-state index contributed by atoms with van der Waals surface area (Å²) >= 11 is 0. The molecule has 2 aliphatic rings. The fraction of sp³-hybridized carbons (Fsp3) is 0.643. The van der Waals surface area contributed by atoms with Gasteiger partial charge in [-0.25, -0.2) is 0 Å². The third-order valence-electron chi connectivity index (χ3n) is 7.29. The van der Waals surface area contributed by atoms with Gasteiger partial charge in [0.25, 0.3) is 0 Å². The second kappa shape index (κ2) is 12.4. The van der Waals surface area contributed by atoms with Crippen LogP contribution in [0.15, 0.2) is 48.6 Å². The Balaban J connectivity index is 1.39. The Hall–Kier alpha value is -1.34. The monoisotopic (exact) mass is 394 g/mol. The van der Waals surface area contributed by atoms with E-state index in [1.54, 1.807) is 5.56 Å². The summed E-state index contributed by atoms with van der Waals surface area (Å²) < 4.78 is 5.67. The maximum atomic E-state index is 5.67. The summed E-state index contributed by atoms with van der Waals surface area (Å²) in [5.41, 5.74) is 2.84. The highest BCUT2D eigenvalue weighted by atomic mass is 16.5. The van der Waals surface area contributed by atoms with Crippen LogP contribution in [0.5, 0.6) is 0 Å². The summed E-state index contributed by atoms with van der Waals surface area (Å²) in [6.45, 7) is 5.73. The van der Waals surface area contributed by atoms with Crippen molar-refractivity contribution in [3.63, 3.8) is 0 Å². The molecule has 1 aromatic rings. The number of unbranched alkanes of at least 4 members (excludes halogenated alkanes) is 1. The predicted octanol–water partition coefficient (Wildman–Crippen LogP) is 8.22. The first-order chi connectivity index (χ1) is 14.3. The van der Waals surface area contributed by atoms with E-state index >= 15 is 0 Å². The lowest BCUT2D eigenvalue weighted by molar-refractivity contribution is 0.148. The molecule has 3 rings (SSSR count). The highest BCUT2D eigenvalue weighted by molar-refractivity contribution is 5.25. The quantitative estimate of drug-likeness (QED) is 0.303. The topological polar surface area (TPSA) is 9.23 Å². The molecule has 0 saturated heterocycles. The zero-order valence-corrected chi connectivity index (χ0v) is 18.8. The average Bonchev–Trinajstić information content (AvgIpc) is 2.78. The SMILES string of the molecule is CC=CCOCc1ccc([C@H]2CC[C@H]([C@H]3CC[C@H](C=CCCC)CC3)CC2)cc1. The minimum Gasteiger partial charge on any atom is -0.373 e. The third-order valence-corrected chi connectivity index (χ3v) is 7.29. The van der Waals surface area contributed by atoms with Crippen molar-refractivity contribution in [3.05, 3.63) is 59.7 Å². The number of ether oxygens (including phenoxy) is 1. The van der Waals surface area contributed by atoms with Gasteiger partial charge in [-0.2, -0.15) is 0 Å². The van der Waals surface area contributed by atoms with E-state index < -0.39 is 0 Å². The van der Waals surface area contributed by atoms with Crippen molar-refractivity contribution in [3.8, 4) is 0 Å². The molecule has 0 spiro atoms. The van der Waals surface area contributed by atoms with Gasteiger partial charge in [0.1, 0.15) is 0 Å². The lowest BCUT2D eigenvalue weighted by Gasteiger charge is -2.37. The number of allylic oxidation sites excluding steroid dienone is 3. The lowest BCUT2D eigenvalue weighted by atomic mass is 9.68. The van der Waals surface area contributed by atoms with Crippen LogP contribution in [0.2, 0.25) is 0 Å². The Morgan fingerprint density at radius 2 is 1.52 bits per heavy atom. The third kappa shape index (κ3) is 7.14. The number of rotatable bonds is 9. The Bertz CT molecular complexity index is 610. The molecule has 0 radical (unpaired) electrons. The van der Waals surface area contributed by atoms with Gasteiger partial charge in [-0.05, 0) is 99.5 Å². The molecule has 1 heteroatoms. The summed E-state index contributed by atoms with van der Waals surface area (Å²) in [7, 11) is 0. The molecule has 1 aromatic carbocycles. The van der Waals surface area contributed by atoms with Crippen molar-refractivity contribution in [2.45, 2.75) is 90.6 Å². The number of hydrogen-bond donors (Lipinski definition) is 0. The average molecular weight is 395 g/mol. The molecule has 160 valence electrons. The molecule has 1 nitrogen and oxygen atoms in total. The molecule has 0 amide bonds. The van der Waals surface area contributed by atoms with Gasteiger partial charge in [0.2, 0.25) is 0 Å². The summed E-state index contributed by atoms with van der Waals surface area (Å²) in [4.78, 5) is 0. The van der Waals surface area contributed by atoms with Gasteiger partial charge in [0, 0.05) is 0 Å². The molecule has 0 atom stereocenters. The fourth-order valence-corrected chi connectivity index (χ4v) is 5.42. The predicted molar refractivity (Wildman–Crippen MR) is 125 cm³/mol. The molecular weight excluding hydrogens is 352 g/mol. The van der Waals surface area contributed by atoms with Crippen LogP contribution in [0, 0.1) is 17.8 Å². The fourth-order valence-electron chi connectivity index (χ4n) is 5.42. The highest BCUT2D eigenvalue weighted by Gasteiger charge is 2.30. The standard InChI is InChI=1S/C28H42O/c1-3-5-7-8-23-9-13-25(14-10-23)27-17-19-28(20-18-27)26-15-11-24(12-16-26)22-29-21-6-4-2/h4,6-8,11-12,15-16,23,25,27-28H,3,5,9-10,13-14,17-22H2,1-2H3/t23-,25-,27-,28-. The maximum absolute atomic E-state index is 5.67. The smallest absolute Gasteiger partial charge is 0.0721 e. The summed E-state index contributed by atoms with van der Waals surface area (Å²) in [6, 6.07) is 9.25. The van der Waals surface area contributed by atoms with Crippen molar-refractivity contribution in [2.75, 3.05) is 6.61 Å². The molecule has 0 heterocycles. The van der Waals surface area contributed by atoms with Gasteiger partial charge in [-0.15, -0.1) is 0 Å². The minimum atomic E-state index is 0.708. The summed E-state index contributed by atoms with van der Waals surface area (Å²) in [6.07, 6.45) is 23.0. The van der Waals surface area contributed by atoms with E-state index in [-0.39, 0.29) is 0 Å². The molecule has 2 fully saturated rings. The largest absolute Gasteiger partial charge is 0.373 e. The minimum absolute atomic E-state index is 0.708. The van der Waals surface area contributed by atoms with Crippen LogP contribution in [0.3, 0.4) is 0 Å². The Kier molecular flexibility index (Phi) is 9.54. The van der Waals surface area contributed by atoms with E-state index in [1.807, 2.05) is 13.0 Å². The van der Waals surface area contributed by atoms with E-state index in [9.17, 15) is 0 Å². The van der Waals surface area contributed by atoms with Gasteiger partial charge < -0.3 is 4.74 Å². The van der Waals surface area contributed by atoms with Crippen molar-refractivity contribution < 1.29 is 4.74 Å². The number of hydrogen-bond acceptors (Lipinski definition) is 1. The van der Waals surface area contributed by atoms with Crippen LogP contribution in [-0.2, 0) is 11.3 Å². The molecular formula is C28H42O. The van der Waals surface area contributed by atoms with Crippen molar-refractivity contribution in [1.82, 2.24) is 0 Å². The first-order valence-electron chi connectivity index (χ1n) is 12.2. The van der Waals surface area contributed by atoms with Crippen LogP contribution >= 0.6 is 0 Å². The van der Waals surface area contributed by atoms with Crippen LogP contribution < -0.4 is 0 Å². The summed E-state index contributed by atoms with van der Waals surface area (Å²) in [5, 5.41) is 0. The van der Waals surface area contributed by atoms with Crippen LogP contribution in [-0.4, -0.2) is 6.61 Å². The molecule has 0 aromatic heterocycles. The Labute approximate surface area is 179 Å². The second-order valence-electron chi connectivity index (χ2n) is 9.33. The van der Waals surface area contributed by atoms with Crippen molar-refractivity contribution >= 4 is 0 Å². The normalized spacial score (nSPS) is 28.3. The van der Waals surface area contributed by atoms with Crippen LogP contribution in [0.25, 0.3) is 0 Å². The van der Waals surface area contributed by atoms with Gasteiger partial charge in [-0.3, -0.25) is 0 Å². The van der Waals surface area contributed by atoms with Crippen LogP contribution in [0.1, 0.15) is 95.1 Å². The first kappa shape index (κ1) is 22.3. The van der Waals surface area contributed by atoms with E-state index in [4.69, 9.17) is 4.74 Å². The molecule has 2 saturated carbocycles. The van der Waals surface area contributed by atoms with Crippen molar-refractivity contribution in [1.29, 1.82) is 0 Å². The van der Waals surface area contributed by atoms with Crippen molar-refractivity contribution in [2.24, 2.45) is 17.8 Å². The van der Waals surface area contributed by atoms with E-state index in [0.29, 0.717) is 13.2 Å². The zero-order valence-electron chi connectivity index (χ0n) is 18.8. The van der Waals surface area contributed by atoms with Gasteiger partial charge in [0.05, 0.1) is 13.2 Å². The molecule has 0 aliphatic heterocycles. The molecule has 0 unspecified atom stereocenters. The lowest BCUT2D eigenvalue weighted by Crippen LogP contribution is -2.25. The Morgan fingerprint density at radius 1 is 0.862 bits per heavy atom. The van der Waals surface area contributed by atoms with Gasteiger partial charge in [0.15, 0.2) is 0 Å². The van der Waals surface area contributed by atoms with Gasteiger partial charge >= 0.3 is 0 Å². The van der Waals surface area contributed by atoms with E-state index in [1.165, 1.54) is 69.8 Å². The van der Waals surface area contributed by atoms with Crippen LogP contribution in [0.4, 0.5) is 0 Å². The molecule has 0 bridgehead atoms. The van der Waals surface area contributed by atoms with E-state index in [0.717, 1.165) is 23.7 Å². The Morgan fingerprint density at radius 3 is 2.14 bits per heavy atom.